The van der Waals surface area contributed by atoms with E-state index in [0.717, 1.165) is 16.8 Å². The Balaban J connectivity index is 1.33. The van der Waals surface area contributed by atoms with Gasteiger partial charge in [0.25, 0.3) is 5.91 Å². The molecule has 1 fully saturated rings. The lowest BCUT2D eigenvalue weighted by Crippen LogP contribution is -2.48. The molecule has 0 saturated carbocycles. The topological polar surface area (TPSA) is 90.0 Å². The molecule has 0 radical (unpaired) electrons. The van der Waals surface area contributed by atoms with Crippen molar-refractivity contribution in [3.8, 4) is 0 Å². The predicted octanol–water partition coefficient (Wildman–Crippen LogP) is 4.30. The molecule has 2 amide bonds. The minimum Gasteiger partial charge on any atom is -0.368 e. The summed E-state index contributed by atoms with van der Waals surface area (Å²) < 4.78 is 27.5. The van der Waals surface area contributed by atoms with E-state index in [-0.39, 0.29) is 23.4 Å². The minimum atomic E-state index is -3.82. The molecule has 1 saturated heterocycles. The summed E-state index contributed by atoms with van der Waals surface area (Å²) in [5.41, 5.74) is 4.38. The van der Waals surface area contributed by atoms with Crippen LogP contribution in [0.3, 0.4) is 0 Å². The molecular formula is C30H36N4O4S. The number of nitrogens with one attached hydrogen (secondary N) is 1. The van der Waals surface area contributed by atoms with Crippen LogP contribution in [0.5, 0.6) is 0 Å². The number of aryl methyl sites for hydroxylation is 2. The van der Waals surface area contributed by atoms with Gasteiger partial charge in [-0.05, 0) is 76.2 Å². The van der Waals surface area contributed by atoms with Crippen LogP contribution in [-0.4, -0.2) is 68.2 Å². The van der Waals surface area contributed by atoms with Crippen molar-refractivity contribution in [3.05, 3.63) is 89.5 Å². The Labute approximate surface area is 231 Å². The van der Waals surface area contributed by atoms with Crippen LogP contribution in [0.15, 0.2) is 77.7 Å². The second-order valence-electron chi connectivity index (χ2n) is 10.2. The monoisotopic (exact) mass is 548 g/mol. The molecule has 39 heavy (non-hydrogen) atoms. The average molecular weight is 549 g/mol. The second kappa shape index (κ2) is 12.0. The maximum atomic E-state index is 13.2. The number of sulfonamides is 1. The molecule has 206 valence electrons. The summed E-state index contributed by atoms with van der Waals surface area (Å²) in [5.74, 6) is -0.358. The maximum Gasteiger partial charge on any atom is 0.253 e. The fraction of sp³-hybridized carbons (Fsp3) is 0.333. The third-order valence-corrected chi connectivity index (χ3v) is 8.92. The molecule has 3 aromatic rings. The van der Waals surface area contributed by atoms with Crippen molar-refractivity contribution in [3.63, 3.8) is 0 Å². The number of piperazine rings is 1. The first-order chi connectivity index (χ1) is 18.5. The zero-order chi connectivity index (χ0) is 28.2. The summed E-state index contributed by atoms with van der Waals surface area (Å²) in [5, 5.41) is 2.82. The maximum absolute atomic E-state index is 13.2. The van der Waals surface area contributed by atoms with Crippen LogP contribution in [0.25, 0.3) is 0 Å². The van der Waals surface area contributed by atoms with Crippen molar-refractivity contribution in [1.29, 1.82) is 0 Å². The van der Waals surface area contributed by atoms with Crippen LogP contribution >= 0.6 is 0 Å². The van der Waals surface area contributed by atoms with Crippen molar-refractivity contribution in [2.24, 2.45) is 0 Å². The molecule has 1 aliphatic heterocycles. The highest BCUT2D eigenvalue weighted by Crippen LogP contribution is 2.22. The van der Waals surface area contributed by atoms with Gasteiger partial charge in [0.15, 0.2) is 0 Å². The number of rotatable bonds is 8. The lowest BCUT2D eigenvalue weighted by atomic mass is 10.1. The number of benzene rings is 3. The summed E-state index contributed by atoms with van der Waals surface area (Å²) in [6, 6.07) is 21.3. The van der Waals surface area contributed by atoms with Gasteiger partial charge in [0.2, 0.25) is 15.9 Å². The van der Waals surface area contributed by atoms with E-state index in [1.807, 2.05) is 67.3 Å². The Kier molecular flexibility index (Phi) is 8.72. The predicted molar refractivity (Wildman–Crippen MR) is 155 cm³/mol. The highest BCUT2D eigenvalue weighted by molar-refractivity contribution is 7.89. The van der Waals surface area contributed by atoms with E-state index in [2.05, 4.69) is 10.2 Å². The Morgan fingerprint density at radius 2 is 1.36 bits per heavy atom. The molecule has 9 heteroatoms. The number of carbonyl (C=O) groups excluding carboxylic acids is 2. The molecule has 4 rings (SSSR count). The molecule has 0 spiro atoms. The largest absolute Gasteiger partial charge is 0.368 e. The van der Waals surface area contributed by atoms with Crippen molar-refractivity contribution in [1.82, 2.24) is 9.21 Å². The highest BCUT2D eigenvalue weighted by Gasteiger charge is 2.29. The van der Waals surface area contributed by atoms with Crippen LogP contribution in [0.1, 0.15) is 35.3 Å². The van der Waals surface area contributed by atoms with Gasteiger partial charge in [-0.15, -0.1) is 0 Å². The standard InChI is InChI=1S/C30H36N4O4S/c1-22(2)34(39(37,38)28-15-7-24(4)8-16-28)21-29(35)31-26-11-13-27(14-12-26)32-17-19-33(20-18-32)30(36)25-9-5-23(3)6-10-25/h5-16,22H,17-21H2,1-4H3,(H,31,35). The molecule has 0 bridgehead atoms. The van der Waals surface area contributed by atoms with E-state index in [9.17, 15) is 18.0 Å². The molecule has 8 nitrogen and oxygen atoms in total. The Hall–Kier alpha value is -3.69. The molecule has 3 aromatic carbocycles. The number of hydrogen-bond acceptors (Lipinski definition) is 5. The molecular weight excluding hydrogens is 512 g/mol. The van der Waals surface area contributed by atoms with Crippen molar-refractivity contribution >= 4 is 33.2 Å². The third-order valence-electron chi connectivity index (χ3n) is 6.88. The lowest BCUT2D eigenvalue weighted by molar-refractivity contribution is -0.116. The lowest BCUT2D eigenvalue weighted by Gasteiger charge is -2.36. The summed E-state index contributed by atoms with van der Waals surface area (Å²) >= 11 is 0. The fourth-order valence-corrected chi connectivity index (χ4v) is 6.13. The van der Waals surface area contributed by atoms with Gasteiger partial charge in [-0.25, -0.2) is 8.42 Å². The molecule has 0 unspecified atom stereocenters. The number of carbonyl (C=O) groups is 2. The number of amides is 2. The normalized spacial score (nSPS) is 14.1. The van der Waals surface area contributed by atoms with Crippen LogP contribution in [0.4, 0.5) is 11.4 Å². The van der Waals surface area contributed by atoms with Gasteiger partial charge in [-0.2, -0.15) is 4.31 Å². The van der Waals surface area contributed by atoms with Crippen molar-refractivity contribution in [2.75, 3.05) is 42.9 Å². The first kappa shape index (κ1) is 28.3. The molecule has 0 aliphatic carbocycles. The van der Waals surface area contributed by atoms with E-state index in [1.54, 1.807) is 38.1 Å². The Morgan fingerprint density at radius 3 is 1.90 bits per heavy atom. The second-order valence-corrected chi connectivity index (χ2v) is 12.1. The summed E-state index contributed by atoms with van der Waals surface area (Å²) in [7, 11) is -3.82. The van der Waals surface area contributed by atoms with Crippen LogP contribution in [-0.2, 0) is 14.8 Å². The van der Waals surface area contributed by atoms with Gasteiger partial charge in [-0.1, -0.05) is 35.4 Å². The van der Waals surface area contributed by atoms with E-state index in [1.165, 1.54) is 4.31 Å². The smallest absolute Gasteiger partial charge is 0.253 e. The molecule has 0 aromatic heterocycles. The fourth-order valence-electron chi connectivity index (χ4n) is 4.53. The van der Waals surface area contributed by atoms with Crippen LogP contribution in [0, 0.1) is 13.8 Å². The third kappa shape index (κ3) is 6.85. The van der Waals surface area contributed by atoms with Gasteiger partial charge in [0.1, 0.15) is 0 Å². The quantitative estimate of drug-likeness (QED) is 0.453. The van der Waals surface area contributed by atoms with Crippen molar-refractivity contribution in [2.45, 2.75) is 38.6 Å². The van der Waals surface area contributed by atoms with E-state index < -0.39 is 15.9 Å². The zero-order valence-electron chi connectivity index (χ0n) is 22.9. The Bertz CT molecular complexity index is 1390. The Morgan fingerprint density at radius 1 is 0.821 bits per heavy atom. The van der Waals surface area contributed by atoms with Gasteiger partial charge in [-0.3, -0.25) is 9.59 Å². The highest BCUT2D eigenvalue weighted by atomic mass is 32.2. The zero-order valence-corrected chi connectivity index (χ0v) is 23.7. The number of anilines is 2. The first-order valence-electron chi connectivity index (χ1n) is 13.1. The summed E-state index contributed by atoms with van der Waals surface area (Å²) in [6.45, 7) is 9.80. The van der Waals surface area contributed by atoms with Crippen LogP contribution < -0.4 is 10.2 Å². The van der Waals surface area contributed by atoms with Crippen LogP contribution in [0.2, 0.25) is 0 Å². The number of hydrogen-bond donors (Lipinski definition) is 1. The molecule has 0 atom stereocenters. The molecule has 1 N–H and O–H groups in total. The van der Waals surface area contributed by atoms with E-state index >= 15 is 0 Å². The SMILES string of the molecule is Cc1ccc(C(=O)N2CCN(c3ccc(NC(=O)CN(C(C)C)S(=O)(=O)c4ccc(C)cc4)cc3)CC2)cc1. The van der Waals surface area contributed by atoms with Gasteiger partial charge < -0.3 is 15.1 Å². The number of nitrogens with zero attached hydrogens (tertiary/aromatic N) is 3. The minimum absolute atomic E-state index is 0.0487. The molecule has 1 heterocycles. The molecule has 1 aliphatic rings. The average Bonchev–Trinajstić information content (AvgIpc) is 2.92. The van der Waals surface area contributed by atoms with Gasteiger partial charge >= 0.3 is 0 Å². The van der Waals surface area contributed by atoms with Gasteiger partial charge in [0.05, 0.1) is 11.4 Å². The van der Waals surface area contributed by atoms with Crippen molar-refractivity contribution < 1.29 is 18.0 Å². The van der Waals surface area contributed by atoms with E-state index in [4.69, 9.17) is 0 Å². The van der Waals surface area contributed by atoms with E-state index in [0.29, 0.717) is 37.4 Å². The summed E-state index contributed by atoms with van der Waals surface area (Å²) in [4.78, 5) is 29.9. The summed E-state index contributed by atoms with van der Waals surface area (Å²) in [6.07, 6.45) is 0. The van der Waals surface area contributed by atoms with Gasteiger partial charge in [0, 0.05) is 49.2 Å². The first-order valence-corrected chi connectivity index (χ1v) is 14.6.